The summed E-state index contributed by atoms with van der Waals surface area (Å²) in [4.78, 5) is 2.10. The second kappa shape index (κ2) is 8.83. The second-order valence-electron chi connectivity index (χ2n) is 7.53. The molecule has 0 fully saturated rings. The predicted octanol–water partition coefficient (Wildman–Crippen LogP) is 5.59. The fourth-order valence-electron chi connectivity index (χ4n) is 3.40. The Balaban J connectivity index is 1.65. The molecule has 0 saturated heterocycles. The molecular weight excluding hydrogens is 368 g/mol. The smallest absolute Gasteiger partial charge is 0.169 e. The van der Waals surface area contributed by atoms with Crippen LogP contribution in [0.4, 0.5) is 5.69 Å². The number of aryl methyl sites for hydroxylation is 1. The Bertz CT molecular complexity index is 1100. The summed E-state index contributed by atoms with van der Waals surface area (Å²) >= 11 is 0. The number of ether oxygens (including phenoxy) is 1. The summed E-state index contributed by atoms with van der Waals surface area (Å²) in [6.07, 6.45) is 12.7. The maximum absolute atomic E-state index is 6.16. The van der Waals surface area contributed by atoms with Crippen LogP contribution in [0, 0.1) is 0 Å². The molecule has 0 radical (unpaired) electrons. The van der Waals surface area contributed by atoms with E-state index < -0.39 is 0 Å². The Morgan fingerprint density at radius 3 is 2.30 bits per heavy atom. The van der Waals surface area contributed by atoms with E-state index in [-0.39, 0.29) is 0 Å². The van der Waals surface area contributed by atoms with Crippen LogP contribution in [0.3, 0.4) is 0 Å². The number of benzene rings is 2. The third kappa shape index (κ3) is 4.52. The maximum Gasteiger partial charge on any atom is 0.169 e. The first-order valence-corrected chi connectivity index (χ1v) is 10.3. The minimum absolute atomic E-state index is 0.838. The topological polar surface area (TPSA) is 16.4 Å². The highest BCUT2D eigenvalue weighted by molar-refractivity contribution is 5.85. The fraction of sp³-hybridized carbons (Fsp3) is 0.148. The van der Waals surface area contributed by atoms with Crippen molar-refractivity contribution in [3.63, 3.8) is 0 Å². The average molecular weight is 396 g/mol. The van der Waals surface area contributed by atoms with E-state index in [1.165, 1.54) is 11.3 Å². The number of fused-ring (bicyclic) bond motifs is 1. The van der Waals surface area contributed by atoms with Gasteiger partial charge in [0.25, 0.3) is 0 Å². The van der Waals surface area contributed by atoms with E-state index in [9.17, 15) is 0 Å². The Labute approximate surface area is 178 Å². The van der Waals surface area contributed by atoms with Crippen LogP contribution in [0.1, 0.15) is 23.6 Å². The molecule has 1 aliphatic rings. The molecule has 1 aliphatic heterocycles. The van der Waals surface area contributed by atoms with Crippen molar-refractivity contribution < 1.29 is 9.30 Å². The van der Waals surface area contributed by atoms with E-state index in [0.717, 1.165) is 34.8 Å². The van der Waals surface area contributed by atoms with E-state index in [1.807, 2.05) is 18.2 Å². The van der Waals surface area contributed by atoms with Gasteiger partial charge in [0.15, 0.2) is 12.4 Å². The van der Waals surface area contributed by atoms with Gasteiger partial charge in [0.2, 0.25) is 0 Å². The number of allylic oxidation sites excluding steroid dienone is 3. The van der Waals surface area contributed by atoms with Crippen LogP contribution in [0.25, 0.3) is 17.7 Å². The monoisotopic (exact) mass is 395 g/mol. The Morgan fingerprint density at radius 1 is 0.867 bits per heavy atom. The third-order valence-electron chi connectivity index (χ3n) is 5.18. The largest absolute Gasteiger partial charge is 0.457 e. The molecule has 150 valence electrons. The third-order valence-corrected chi connectivity index (χ3v) is 5.18. The average Bonchev–Trinajstić information content (AvgIpc) is 2.78. The molecule has 2 heterocycles. The fourth-order valence-corrected chi connectivity index (χ4v) is 3.40. The second-order valence-corrected chi connectivity index (χ2v) is 7.53. The van der Waals surface area contributed by atoms with Crippen molar-refractivity contribution in [3.05, 3.63) is 108 Å². The SMILES string of the molecule is CC[n+]1ccc(C=C2C=C(C=Cc3ccc(N(C)C)cc3)c3ccccc3O2)cc1. The quantitative estimate of drug-likeness (QED) is 0.524. The molecule has 0 unspecified atom stereocenters. The molecule has 0 atom stereocenters. The number of hydrogen-bond donors (Lipinski definition) is 0. The van der Waals surface area contributed by atoms with Crippen LogP contribution in [0.5, 0.6) is 5.75 Å². The van der Waals surface area contributed by atoms with Gasteiger partial charge < -0.3 is 9.64 Å². The molecule has 4 rings (SSSR count). The number of hydrogen-bond acceptors (Lipinski definition) is 2. The normalized spacial score (nSPS) is 14.4. The van der Waals surface area contributed by atoms with E-state index in [1.54, 1.807) is 0 Å². The molecule has 0 N–H and O–H groups in total. The lowest BCUT2D eigenvalue weighted by Gasteiger charge is -2.18. The molecule has 30 heavy (non-hydrogen) atoms. The van der Waals surface area contributed by atoms with Crippen LogP contribution < -0.4 is 14.2 Å². The molecule has 0 aliphatic carbocycles. The van der Waals surface area contributed by atoms with Gasteiger partial charge in [-0.15, -0.1) is 0 Å². The van der Waals surface area contributed by atoms with Gasteiger partial charge in [0.1, 0.15) is 18.1 Å². The number of rotatable bonds is 5. The minimum Gasteiger partial charge on any atom is -0.457 e. The Hall–Kier alpha value is -3.59. The zero-order valence-corrected chi connectivity index (χ0v) is 17.7. The van der Waals surface area contributed by atoms with Crippen molar-refractivity contribution in [2.24, 2.45) is 0 Å². The number of nitrogens with zero attached hydrogens (tertiary/aromatic N) is 2. The van der Waals surface area contributed by atoms with Gasteiger partial charge in [0, 0.05) is 37.5 Å². The molecule has 2 aromatic carbocycles. The number of pyridine rings is 1. The molecular formula is C27H27N2O+. The summed E-state index contributed by atoms with van der Waals surface area (Å²) in [6.45, 7) is 3.10. The van der Waals surface area contributed by atoms with Crippen molar-refractivity contribution in [2.75, 3.05) is 19.0 Å². The summed E-state index contributed by atoms with van der Waals surface area (Å²) in [6, 6.07) is 20.9. The zero-order valence-electron chi connectivity index (χ0n) is 17.7. The first-order valence-electron chi connectivity index (χ1n) is 10.3. The van der Waals surface area contributed by atoms with Crippen molar-refractivity contribution >= 4 is 23.4 Å². The molecule has 0 amide bonds. The van der Waals surface area contributed by atoms with Crippen LogP contribution >= 0.6 is 0 Å². The van der Waals surface area contributed by atoms with E-state index >= 15 is 0 Å². The molecule has 0 saturated carbocycles. The number of anilines is 1. The van der Waals surface area contributed by atoms with Crippen molar-refractivity contribution in [2.45, 2.75) is 13.5 Å². The van der Waals surface area contributed by atoms with E-state index in [4.69, 9.17) is 4.74 Å². The predicted molar refractivity (Wildman–Crippen MR) is 125 cm³/mol. The summed E-state index contributed by atoms with van der Waals surface area (Å²) in [5.74, 6) is 1.72. The summed E-state index contributed by atoms with van der Waals surface area (Å²) in [7, 11) is 4.11. The molecule has 3 nitrogen and oxygen atoms in total. The van der Waals surface area contributed by atoms with Crippen molar-refractivity contribution in [1.29, 1.82) is 0 Å². The lowest BCUT2D eigenvalue weighted by Crippen LogP contribution is -2.30. The van der Waals surface area contributed by atoms with Crippen LogP contribution in [0.15, 0.2) is 91.0 Å². The standard InChI is InChI=1S/C27H27N2O/c1-4-29-17-15-22(16-18-29)19-25-20-23(26-7-5-6-8-27(26)30-25)12-9-21-10-13-24(14-11-21)28(2)3/h5-20H,4H2,1-3H3/q+1. The number of para-hydroxylation sites is 1. The van der Waals surface area contributed by atoms with Crippen LogP contribution in [-0.2, 0) is 6.54 Å². The highest BCUT2D eigenvalue weighted by atomic mass is 16.5. The maximum atomic E-state index is 6.16. The van der Waals surface area contributed by atoms with E-state index in [0.29, 0.717) is 0 Å². The van der Waals surface area contributed by atoms with Gasteiger partial charge in [-0.1, -0.05) is 42.5 Å². The van der Waals surface area contributed by atoms with Gasteiger partial charge in [-0.05, 0) is 54.0 Å². The molecule has 3 heteroatoms. The van der Waals surface area contributed by atoms with Crippen molar-refractivity contribution in [3.8, 4) is 5.75 Å². The first kappa shape index (κ1) is 19.7. The summed E-state index contributed by atoms with van der Waals surface area (Å²) in [5, 5.41) is 0. The van der Waals surface area contributed by atoms with Gasteiger partial charge >= 0.3 is 0 Å². The summed E-state index contributed by atoms with van der Waals surface area (Å²) < 4.78 is 8.30. The number of aromatic nitrogens is 1. The minimum atomic E-state index is 0.838. The van der Waals surface area contributed by atoms with Crippen molar-refractivity contribution in [1.82, 2.24) is 0 Å². The van der Waals surface area contributed by atoms with Gasteiger partial charge in [-0.2, -0.15) is 0 Å². The highest BCUT2D eigenvalue weighted by Gasteiger charge is 2.15. The lowest BCUT2D eigenvalue weighted by atomic mass is 9.99. The molecule has 3 aromatic rings. The van der Waals surface area contributed by atoms with Gasteiger partial charge in [-0.3, -0.25) is 0 Å². The van der Waals surface area contributed by atoms with Crippen LogP contribution in [0.2, 0.25) is 0 Å². The van der Waals surface area contributed by atoms with E-state index in [2.05, 4.69) is 110 Å². The molecule has 0 spiro atoms. The molecule has 0 bridgehead atoms. The van der Waals surface area contributed by atoms with Gasteiger partial charge in [-0.25, -0.2) is 4.57 Å². The van der Waals surface area contributed by atoms with Gasteiger partial charge in [0.05, 0.1) is 0 Å². The first-order chi connectivity index (χ1) is 14.6. The Kier molecular flexibility index (Phi) is 5.80. The zero-order chi connectivity index (χ0) is 20.9. The summed E-state index contributed by atoms with van der Waals surface area (Å²) in [5.41, 5.74) is 5.73. The molecule has 1 aromatic heterocycles. The lowest BCUT2D eigenvalue weighted by molar-refractivity contribution is -0.693. The van der Waals surface area contributed by atoms with Crippen LogP contribution in [-0.4, -0.2) is 14.1 Å². The highest BCUT2D eigenvalue weighted by Crippen LogP contribution is 2.34. The Morgan fingerprint density at radius 2 is 1.60 bits per heavy atom.